The molecule has 108 valence electrons. The Morgan fingerprint density at radius 1 is 1.43 bits per heavy atom. The number of aromatic nitrogens is 2. The summed E-state index contributed by atoms with van der Waals surface area (Å²) >= 11 is 0. The third kappa shape index (κ3) is 2.47. The number of nitrogens with one attached hydrogen (secondary N) is 1. The summed E-state index contributed by atoms with van der Waals surface area (Å²) in [6.45, 7) is 2.21. The third-order valence-electron chi connectivity index (χ3n) is 3.36. The first kappa shape index (κ1) is 13.2. The van der Waals surface area contributed by atoms with Crippen LogP contribution in [-0.4, -0.2) is 28.0 Å². The highest BCUT2D eigenvalue weighted by molar-refractivity contribution is 6.07. The molecule has 0 saturated heterocycles. The predicted molar refractivity (Wildman–Crippen MR) is 79.7 cm³/mol. The minimum absolute atomic E-state index is 0.0903. The van der Waals surface area contributed by atoms with Crippen LogP contribution in [-0.2, 0) is 6.54 Å². The molecule has 0 aliphatic carbocycles. The minimum atomic E-state index is -0.0903. The van der Waals surface area contributed by atoms with Crippen LogP contribution in [0.15, 0.2) is 35.0 Å². The summed E-state index contributed by atoms with van der Waals surface area (Å²) in [6, 6.07) is 7.28. The summed E-state index contributed by atoms with van der Waals surface area (Å²) in [6.07, 6.45) is 1.71. The topological polar surface area (TPSA) is 88.2 Å². The Kier molecular flexibility index (Phi) is 3.13. The van der Waals surface area contributed by atoms with Gasteiger partial charge in [-0.15, -0.1) is 0 Å². The van der Waals surface area contributed by atoms with Gasteiger partial charge in [-0.05, 0) is 25.1 Å². The van der Waals surface area contributed by atoms with Crippen LogP contribution in [0.4, 0.5) is 5.69 Å². The highest BCUT2D eigenvalue weighted by Crippen LogP contribution is 2.22. The van der Waals surface area contributed by atoms with Crippen molar-refractivity contribution in [3.05, 3.63) is 47.5 Å². The van der Waals surface area contributed by atoms with Gasteiger partial charge in [0.05, 0.1) is 12.1 Å². The molecule has 21 heavy (non-hydrogen) atoms. The number of nitrogen functional groups attached to an aromatic ring is 1. The van der Waals surface area contributed by atoms with Gasteiger partial charge in [-0.2, -0.15) is 0 Å². The van der Waals surface area contributed by atoms with Crippen LogP contribution in [0.25, 0.3) is 10.9 Å². The summed E-state index contributed by atoms with van der Waals surface area (Å²) in [4.78, 5) is 17.2. The molecule has 1 amide bonds. The fourth-order valence-corrected chi connectivity index (χ4v) is 2.33. The van der Waals surface area contributed by atoms with Gasteiger partial charge in [-0.25, -0.2) is 0 Å². The number of nitrogens with zero attached hydrogens (tertiary/aromatic N) is 2. The summed E-state index contributed by atoms with van der Waals surface area (Å²) in [5.74, 6) is 0.637. The largest absolute Gasteiger partial charge is 0.399 e. The Bertz CT molecular complexity index is 803. The highest BCUT2D eigenvalue weighted by Gasteiger charge is 2.17. The minimum Gasteiger partial charge on any atom is -0.399 e. The van der Waals surface area contributed by atoms with Gasteiger partial charge in [0.15, 0.2) is 0 Å². The zero-order valence-electron chi connectivity index (χ0n) is 11.9. The smallest absolute Gasteiger partial charge is 0.256 e. The SMILES string of the molecule is Cc1cc(CN(C)C(=O)c2c[nH]c3ccc(N)cc23)no1. The molecule has 3 rings (SSSR count). The molecule has 0 atom stereocenters. The molecule has 2 aromatic heterocycles. The number of nitrogens with two attached hydrogens (primary N) is 1. The molecular weight excluding hydrogens is 268 g/mol. The normalized spacial score (nSPS) is 11.0. The number of fused-ring (bicyclic) bond motifs is 1. The number of hydrogen-bond donors (Lipinski definition) is 2. The molecule has 3 N–H and O–H groups in total. The van der Waals surface area contributed by atoms with Gasteiger partial charge in [0, 0.05) is 35.9 Å². The first-order valence-corrected chi connectivity index (χ1v) is 6.59. The van der Waals surface area contributed by atoms with Crippen molar-refractivity contribution in [2.24, 2.45) is 0 Å². The quantitative estimate of drug-likeness (QED) is 0.722. The number of anilines is 1. The summed E-state index contributed by atoms with van der Waals surface area (Å²) in [5, 5.41) is 4.72. The lowest BCUT2D eigenvalue weighted by molar-refractivity contribution is 0.0784. The average Bonchev–Trinajstić information content (AvgIpc) is 3.04. The van der Waals surface area contributed by atoms with E-state index in [4.69, 9.17) is 10.3 Å². The van der Waals surface area contributed by atoms with Crippen molar-refractivity contribution >= 4 is 22.5 Å². The van der Waals surface area contributed by atoms with E-state index >= 15 is 0 Å². The van der Waals surface area contributed by atoms with Gasteiger partial charge in [0.1, 0.15) is 11.5 Å². The van der Waals surface area contributed by atoms with E-state index in [2.05, 4.69) is 10.1 Å². The average molecular weight is 284 g/mol. The van der Waals surface area contributed by atoms with Gasteiger partial charge < -0.3 is 20.1 Å². The van der Waals surface area contributed by atoms with Crippen molar-refractivity contribution in [2.75, 3.05) is 12.8 Å². The van der Waals surface area contributed by atoms with Crippen molar-refractivity contribution in [1.29, 1.82) is 0 Å². The maximum atomic E-state index is 12.5. The molecule has 3 aromatic rings. The maximum absolute atomic E-state index is 12.5. The van der Waals surface area contributed by atoms with E-state index in [0.717, 1.165) is 22.4 Å². The molecule has 0 aliphatic heterocycles. The van der Waals surface area contributed by atoms with Crippen LogP contribution in [0.1, 0.15) is 21.8 Å². The summed E-state index contributed by atoms with van der Waals surface area (Å²) < 4.78 is 5.01. The lowest BCUT2D eigenvalue weighted by atomic mass is 10.1. The number of benzene rings is 1. The Morgan fingerprint density at radius 3 is 2.95 bits per heavy atom. The Labute approximate surface area is 121 Å². The fraction of sp³-hybridized carbons (Fsp3) is 0.200. The summed E-state index contributed by atoms with van der Waals surface area (Å²) in [5.41, 5.74) is 8.63. The maximum Gasteiger partial charge on any atom is 0.256 e. The lowest BCUT2D eigenvalue weighted by Gasteiger charge is -2.15. The summed E-state index contributed by atoms with van der Waals surface area (Å²) in [7, 11) is 1.73. The first-order valence-electron chi connectivity index (χ1n) is 6.59. The van der Waals surface area contributed by atoms with E-state index in [1.807, 2.05) is 19.1 Å². The number of carbonyl (C=O) groups excluding carboxylic acids is 1. The molecule has 0 fully saturated rings. The number of amides is 1. The number of carbonyl (C=O) groups is 1. The Morgan fingerprint density at radius 2 is 2.24 bits per heavy atom. The van der Waals surface area contributed by atoms with E-state index in [1.165, 1.54) is 0 Å². The monoisotopic (exact) mass is 284 g/mol. The van der Waals surface area contributed by atoms with E-state index in [0.29, 0.717) is 17.8 Å². The van der Waals surface area contributed by atoms with Gasteiger partial charge in [0.2, 0.25) is 0 Å². The number of aryl methyl sites for hydroxylation is 1. The standard InChI is InChI=1S/C15H16N4O2/c1-9-5-11(18-21-9)8-19(2)15(20)13-7-17-14-4-3-10(16)6-12(13)14/h3-7,17H,8,16H2,1-2H3. The molecular formula is C15H16N4O2. The third-order valence-corrected chi connectivity index (χ3v) is 3.36. The second-order valence-corrected chi connectivity index (χ2v) is 5.10. The van der Waals surface area contributed by atoms with Crippen LogP contribution in [0.2, 0.25) is 0 Å². The van der Waals surface area contributed by atoms with Crippen LogP contribution >= 0.6 is 0 Å². The lowest BCUT2D eigenvalue weighted by Crippen LogP contribution is -2.26. The molecule has 6 heteroatoms. The molecule has 1 aromatic carbocycles. The predicted octanol–water partition coefficient (Wildman–Crippen LogP) is 2.32. The van der Waals surface area contributed by atoms with E-state index < -0.39 is 0 Å². The number of hydrogen-bond acceptors (Lipinski definition) is 4. The van der Waals surface area contributed by atoms with Crippen molar-refractivity contribution in [1.82, 2.24) is 15.0 Å². The molecule has 0 bridgehead atoms. The van der Waals surface area contributed by atoms with E-state index in [9.17, 15) is 4.79 Å². The van der Waals surface area contributed by atoms with Crippen molar-refractivity contribution in [2.45, 2.75) is 13.5 Å². The highest BCUT2D eigenvalue weighted by atomic mass is 16.5. The van der Waals surface area contributed by atoms with Gasteiger partial charge in [0.25, 0.3) is 5.91 Å². The van der Waals surface area contributed by atoms with Crippen molar-refractivity contribution < 1.29 is 9.32 Å². The molecule has 0 unspecified atom stereocenters. The molecule has 0 radical (unpaired) electrons. The van der Waals surface area contributed by atoms with Crippen LogP contribution in [0.3, 0.4) is 0 Å². The Hall–Kier alpha value is -2.76. The van der Waals surface area contributed by atoms with E-state index in [1.54, 1.807) is 30.3 Å². The van der Waals surface area contributed by atoms with Crippen LogP contribution < -0.4 is 5.73 Å². The first-order chi connectivity index (χ1) is 10.0. The molecule has 0 saturated carbocycles. The zero-order chi connectivity index (χ0) is 15.0. The van der Waals surface area contributed by atoms with Crippen molar-refractivity contribution in [3.8, 4) is 0 Å². The van der Waals surface area contributed by atoms with Crippen molar-refractivity contribution in [3.63, 3.8) is 0 Å². The van der Waals surface area contributed by atoms with E-state index in [-0.39, 0.29) is 5.91 Å². The molecule has 0 aliphatic rings. The zero-order valence-corrected chi connectivity index (χ0v) is 11.9. The van der Waals surface area contributed by atoms with Crippen LogP contribution in [0.5, 0.6) is 0 Å². The fourth-order valence-electron chi connectivity index (χ4n) is 2.33. The number of aromatic amines is 1. The number of H-pyrrole nitrogens is 1. The van der Waals surface area contributed by atoms with Gasteiger partial charge >= 0.3 is 0 Å². The number of rotatable bonds is 3. The van der Waals surface area contributed by atoms with Crippen LogP contribution in [0, 0.1) is 6.92 Å². The molecule has 0 spiro atoms. The molecule has 2 heterocycles. The Balaban J connectivity index is 1.87. The molecule has 6 nitrogen and oxygen atoms in total. The van der Waals surface area contributed by atoms with Gasteiger partial charge in [-0.1, -0.05) is 5.16 Å². The second kappa shape index (κ2) is 4.97. The van der Waals surface area contributed by atoms with Gasteiger partial charge in [-0.3, -0.25) is 4.79 Å². The second-order valence-electron chi connectivity index (χ2n) is 5.10.